The van der Waals surface area contributed by atoms with Gasteiger partial charge in [-0.15, -0.1) is 0 Å². The number of nitrogens with zero attached hydrogens (tertiary/aromatic N) is 1. The van der Waals surface area contributed by atoms with Gasteiger partial charge in [0.2, 0.25) is 0 Å². The largest absolute Gasteiger partial charge is 0.496 e. The Hall–Kier alpha value is -1.87. The number of rotatable bonds is 7. The Bertz CT molecular complexity index is 755. The quantitative estimate of drug-likeness (QED) is 0.724. The minimum atomic E-state index is -0.169. The van der Waals surface area contributed by atoms with Crippen LogP contribution in [0.1, 0.15) is 45.1 Å². The summed E-state index contributed by atoms with van der Waals surface area (Å²) in [5.41, 5.74) is 1.14. The zero-order chi connectivity index (χ0) is 17.9. The molecule has 1 saturated heterocycles. The van der Waals surface area contributed by atoms with E-state index in [0.717, 1.165) is 56.5 Å². The van der Waals surface area contributed by atoms with Crippen LogP contribution in [0.4, 0.5) is 0 Å². The minimum absolute atomic E-state index is 0.169. The molecule has 3 heteroatoms. The highest BCUT2D eigenvalue weighted by molar-refractivity contribution is 5.91. The smallest absolute Gasteiger partial charge is 0.140 e. The number of ketones is 1. The summed E-state index contributed by atoms with van der Waals surface area (Å²) in [5.74, 6) is 1.36. The van der Waals surface area contributed by atoms with E-state index in [1.807, 2.05) is 6.07 Å². The summed E-state index contributed by atoms with van der Waals surface area (Å²) in [7, 11) is 1.72. The van der Waals surface area contributed by atoms with E-state index in [1.165, 1.54) is 10.9 Å². The van der Waals surface area contributed by atoms with Crippen molar-refractivity contribution in [1.29, 1.82) is 0 Å². The number of carbonyl (C=O) groups excluding carboxylic acids is 1. The number of hydrogen-bond donors (Lipinski definition) is 0. The summed E-state index contributed by atoms with van der Waals surface area (Å²) in [5, 5.41) is 2.40. The van der Waals surface area contributed by atoms with Gasteiger partial charge in [0, 0.05) is 30.3 Å². The minimum Gasteiger partial charge on any atom is -0.496 e. The van der Waals surface area contributed by atoms with Crippen LogP contribution in [-0.4, -0.2) is 30.9 Å². The second kappa shape index (κ2) is 7.57. The first-order valence-corrected chi connectivity index (χ1v) is 9.37. The first kappa shape index (κ1) is 17.9. The Labute approximate surface area is 151 Å². The van der Waals surface area contributed by atoms with E-state index in [2.05, 4.69) is 49.1 Å². The predicted molar refractivity (Wildman–Crippen MR) is 103 cm³/mol. The first-order chi connectivity index (χ1) is 12.1. The predicted octanol–water partition coefficient (Wildman–Crippen LogP) is 4.82. The van der Waals surface area contributed by atoms with Crippen LogP contribution in [0.25, 0.3) is 10.8 Å². The van der Waals surface area contributed by atoms with Crippen molar-refractivity contribution in [1.82, 2.24) is 4.90 Å². The van der Waals surface area contributed by atoms with Gasteiger partial charge in [-0.1, -0.05) is 50.6 Å². The number of Topliss-reactive ketones (excluding diaryl/α,β-unsaturated/α-hetero) is 1. The zero-order valence-corrected chi connectivity index (χ0v) is 15.7. The van der Waals surface area contributed by atoms with Crippen LogP contribution in [0.3, 0.4) is 0 Å². The van der Waals surface area contributed by atoms with E-state index in [1.54, 1.807) is 7.11 Å². The molecular formula is C22H29NO2. The molecule has 25 heavy (non-hydrogen) atoms. The van der Waals surface area contributed by atoms with Gasteiger partial charge in [0.1, 0.15) is 11.5 Å². The van der Waals surface area contributed by atoms with Gasteiger partial charge in [-0.2, -0.15) is 0 Å². The molecule has 1 heterocycles. The second-order valence-corrected chi connectivity index (χ2v) is 7.52. The van der Waals surface area contributed by atoms with Crippen LogP contribution < -0.4 is 4.74 Å². The Morgan fingerprint density at radius 1 is 1.20 bits per heavy atom. The van der Waals surface area contributed by atoms with Gasteiger partial charge >= 0.3 is 0 Å². The van der Waals surface area contributed by atoms with Crippen molar-refractivity contribution in [3.05, 3.63) is 42.0 Å². The number of hydrogen-bond acceptors (Lipinski definition) is 3. The fourth-order valence-corrected chi connectivity index (χ4v) is 3.95. The normalized spacial score (nSPS) is 20.9. The van der Waals surface area contributed by atoms with Gasteiger partial charge in [0.25, 0.3) is 0 Å². The maximum atomic E-state index is 12.6. The molecule has 1 unspecified atom stereocenters. The summed E-state index contributed by atoms with van der Waals surface area (Å²) in [6, 6.07) is 12.6. The van der Waals surface area contributed by atoms with Crippen LogP contribution in [0, 0.1) is 5.41 Å². The average Bonchev–Trinajstić information content (AvgIpc) is 3.02. The molecule has 0 aromatic heterocycles. The van der Waals surface area contributed by atoms with Crippen LogP contribution in [0.2, 0.25) is 0 Å². The molecule has 0 N–H and O–H groups in total. The van der Waals surface area contributed by atoms with Gasteiger partial charge in [-0.25, -0.2) is 0 Å². The molecule has 0 amide bonds. The molecule has 2 aromatic rings. The summed E-state index contributed by atoms with van der Waals surface area (Å²) in [6.45, 7) is 7.05. The molecule has 0 saturated carbocycles. The van der Waals surface area contributed by atoms with Crippen LogP contribution in [-0.2, 0) is 11.3 Å². The van der Waals surface area contributed by atoms with E-state index in [4.69, 9.17) is 4.74 Å². The lowest BCUT2D eigenvalue weighted by molar-refractivity contribution is -0.127. The molecule has 0 bridgehead atoms. The molecule has 3 nitrogen and oxygen atoms in total. The summed E-state index contributed by atoms with van der Waals surface area (Å²) >= 11 is 0. The summed E-state index contributed by atoms with van der Waals surface area (Å²) < 4.78 is 5.50. The molecule has 2 aromatic carbocycles. The number of fused-ring (bicyclic) bond motifs is 1. The molecule has 0 aliphatic carbocycles. The third-order valence-electron chi connectivity index (χ3n) is 5.57. The van der Waals surface area contributed by atoms with Crippen molar-refractivity contribution in [2.45, 2.75) is 46.1 Å². The Morgan fingerprint density at radius 2 is 1.96 bits per heavy atom. The van der Waals surface area contributed by atoms with Gasteiger partial charge in [-0.3, -0.25) is 9.69 Å². The molecule has 0 radical (unpaired) electrons. The van der Waals surface area contributed by atoms with E-state index in [0.29, 0.717) is 5.78 Å². The topological polar surface area (TPSA) is 29.5 Å². The van der Waals surface area contributed by atoms with Crippen LogP contribution >= 0.6 is 0 Å². The fourth-order valence-electron chi connectivity index (χ4n) is 3.95. The van der Waals surface area contributed by atoms with Gasteiger partial charge in [0.15, 0.2) is 0 Å². The number of benzene rings is 2. The second-order valence-electron chi connectivity index (χ2n) is 7.52. The molecule has 1 aliphatic heterocycles. The highest BCUT2D eigenvalue weighted by Gasteiger charge is 2.39. The first-order valence-electron chi connectivity index (χ1n) is 9.37. The Balaban J connectivity index is 1.76. The number of likely N-dealkylation sites (tertiary alicyclic amines) is 1. The maximum absolute atomic E-state index is 12.6. The number of carbonyl (C=O) groups is 1. The summed E-state index contributed by atoms with van der Waals surface area (Å²) in [6.07, 6.45) is 3.80. The fraction of sp³-hybridized carbons (Fsp3) is 0.500. The molecule has 0 spiro atoms. The third-order valence-corrected chi connectivity index (χ3v) is 5.57. The van der Waals surface area contributed by atoms with Crippen molar-refractivity contribution in [2.24, 2.45) is 5.41 Å². The van der Waals surface area contributed by atoms with Crippen LogP contribution in [0.15, 0.2) is 36.4 Å². The average molecular weight is 339 g/mol. The van der Waals surface area contributed by atoms with Crippen molar-refractivity contribution >= 4 is 16.6 Å². The molecule has 3 rings (SSSR count). The Kier molecular flexibility index (Phi) is 5.43. The molecule has 134 valence electrons. The summed E-state index contributed by atoms with van der Waals surface area (Å²) in [4.78, 5) is 15.0. The maximum Gasteiger partial charge on any atom is 0.140 e. The van der Waals surface area contributed by atoms with E-state index in [-0.39, 0.29) is 5.41 Å². The highest BCUT2D eigenvalue weighted by atomic mass is 16.5. The van der Waals surface area contributed by atoms with E-state index < -0.39 is 0 Å². The lowest BCUT2D eigenvalue weighted by Gasteiger charge is -2.24. The lowest BCUT2D eigenvalue weighted by atomic mass is 9.82. The van der Waals surface area contributed by atoms with Crippen molar-refractivity contribution in [3.8, 4) is 5.75 Å². The van der Waals surface area contributed by atoms with E-state index in [9.17, 15) is 4.79 Å². The third kappa shape index (κ3) is 3.72. The molecule has 1 fully saturated rings. The standard InChI is InChI=1S/C22H29NO2/c1-4-5-10-21(24)22(2)13-14-23(16-22)15-17-11-12-20(25-3)19-9-7-6-8-18(17)19/h6-9,11-12H,4-5,10,13-16H2,1-3H3. The Morgan fingerprint density at radius 3 is 2.68 bits per heavy atom. The van der Waals surface area contributed by atoms with Gasteiger partial charge in [-0.05, 0) is 36.4 Å². The van der Waals surface area contributed by atoms with Crippen molar-refractivity contribution in [2.75, 3.05) is 20.2 Å². The molecule has 1 aliphatic rings. The number of methoxy groups -OCH3 is 1. The number of unbranched alkanes of at least 4 members (excludes halogenated alkanes) is 1. The lowest BCUT2D eigenvalue weighted by Crippen LogP contribution is -2.31. The van der Waals surface area contributed by atoms with Crippen molar-refractivity contribution < 1.29 is 9.53 Å². The van der Waals surface area contributed by atoms with Gasteiger partial charge < -0.3 is 4.74 Å². The molecule has 1 atom stereocenters. The van der Waals surface area contributed by atoms with Crippen LogP contribution in [0.5, 0.6) is 5.75 Å². The van der Waals surface area contributed by atoms with Gasteiger partial charge in [0.05, 0.1) is 7.11 Å². The van der Waals surface area contributed by atoms with Crippen molar-refractivity contribution in [3.63, 3.8) is 0 Å². The zero-order valence-electron chi connectivity index (χ0n) is 15.7. The van der Waals surface area contributed by atoms with E-state index >= 15 is 0 Å². The highest BCUT2D eigenvalue weighted by Crippen LogP contribution is 2.35. The molecular weight excluding hydrogens is 310 g/mol. The number of ether oxygens (including phenoxy) is 1. The SMILES string of the molecule is CCCCC(=O)C1(C)CCN(Cc2ccc(OC)c3ccccc23)C1. The monoisotopic (exact) mass is 339 g/mol.